The predicted octanol–water partition coefficient (Wildman–Crippen LogP) is 3.33. The molecule has 0 fully saturated rings. The molecular formula is C19H18O2Se. The Balaban J connectivity index is 2.04. The van der Waals surface area contributed by atoms with Crippen LogP contribution in [0.3, 0.4) is 0 Å². The third-order valence-corrected chi connectivity index (χ3v) is 4.70. The van der Waals surface area contributed by atoms with Crippen molar-refractivity contribution in [2.45, 2.75) is 6.92 Å². The summed E-state index contributed by atoms with van der Waals surface area (Å²) in [5.74, 6) is 0.731. The van der Waals surface area contributed by atoms with E-state index in [1.165, 1.54) is 4.46 Å². The number of carbonyl (C=O) groups is 1. The van der Waals surface area contributed by atoms with E-state index in [-0.39, 0.29) is 20.7 Å². The fourth-order valence-electron chi connectivity index (χ4n) is 1.77. The molecule has 0 heterocycles. The van der Waals surface area contributed by atoms with Gasteiger partial charge in [0.15, 0.2) is 0 Å². The summed E-state index contributed by atoms with van der Waals surface area (Å²) in [4.78, 5) is 14.1. The van der Waals surface area contributed by atoms with Gasteiger partial charge in [-0.3, -0.25) is 0 Å². The molecule has 0 saturated carbocycles. The van der Waals surface area contributed by atoms with Crippen molar-refractivity contribution in [1.29, 1.82) is 0 Å². The topological polar surface area (TPSA) is 26.3 Å². The SMILES string of the molecule is CCOC(=C\[Se]c1ccccc1)/C=C/C(=O)c1ccccc1. The van der Waals surface area contributed by atoms with E-state index < -0.39 is 0 Å². The standard InChI is InChI=1S/C19H18O2Se/c1-2-21-17(15-22-18-11-7-4-8-12-18)13-14-19(20)16-9-5-3-6-10-16/h3-15H,2H2,1H3/b14-13+,17-15-. The third-order valence-electron chi connectivity index (χ3n) is 2.82. The normalized spacial score (nSPS) is 11.6. The summed E-state index contributed by atoms with van der Waals surface area (Å²) in [6.45, 7) is 2.52. The first kappa shape index (κ1) is 16.3. The molecule has 3 heteroatoms. The van der Waals surface area contributed by atoms with E-state index in [1.807, 2.05) is 55.5 Å². The molecule has 2 aromatic carbocycles. The Morgan fingerprint density at radius 1 is 1.00 bits per heavy atom. The van der Waals surface area contributed by atoms with Crippen LogP contribution in [0.15, 0.2) is 83.5 Å². The maximum atomic E-state index is 12.1. The summed E-state index contributed by atoms with van der Waals surface area (Å²) in [6.07, 6.45) is 3.32. The van der Waals surface area contributed by atoms with Gasteiger partial charge in [0, 0.05) is 0 Å². The van der Waals surface area contributed by atoms with Gasteiger partial charge in [0.25, 0.3) is 0 Å². The average Bonchev–Trinajstić information content (AvgIpc) is 2.59. The van der Waals surface area contributed by atoms with Gasteiger partial charge in [-0.1, -0.05) is 0 Å². The number of rotatable bonds is 7. The summed E-state index contributed by atoms with van der Waals surface area (Å²) in [7, 11) is 0. The van der Waals surface area contributed by atoms with Crippen LogP contribution in [-0.4, -0.2) is 27.3 Å². The Morgan fingerprint density at radius 3 is 2.27 bits per heavy atom. The summed E-state index contributed by atoms with van der Waals surface area (Å²) >= 11 is 0.186. The van der Waals surface area contributed by atoms with Gasteiger partial charge in [-0.15, -0.1) is 0 Å². The van der Waals surface area contributed by atoms with E-state index in [4.69, 9.17) is 4.74 Å². The van der Waals surface area contributed by atoms with Crippen LogP contribution in [-0.2, 0) is 4.74 Å². The van der Waals surface area contributed by atoms with Crippen LogP contribution in [0.1, 0.15) is 17.3 Å². The van der Waals surface area contributed by atoms with Gasteiger partial charge in [-0.05, 0) is 0 Å². The first-order chi connectivity index (χ1) is 10.8. The van der Waals surface area contributed by atoms with Crippen LogP contribution in [0.5, 0.6) is 0 Å². The van der Waals surface area contributed by atoms with Crippen LogP contribution < -0.4 is 4.46 Å². The van der Waals surface area contributed by atoms with Crippen molar-refractivity contribution in [3.05, 3.63) is 89.1 Å². The third kappa shape index (κ3) is 5.36. The van der Waals surface area contributed by atoms with Crippen LogP contribution in [0, 0.1) is 0 Å². The Morgan fingerprint density at radius 2 is 1.64 bits per heavy atom. The van der Waals surface area contributed by atoms with Crippen molar-refractivity contribution in [3.8, 4) is 0 Å². The number of hydrogen-bond donors (Lipinski definition) is 0. The second-order valence-corrected chi connectivity index (χ2v) is 6.43. The van der Waals surface area contributed by atoms with Crippen LogP contribution in [0.4, 0.5) is 0 Å². The van der Waals surface area contributed by atoms with Crippen molar-refractivity contribution < 1.29 is 9.53 Å². The summed E-state index contributed by atoms with van der Waals surface area (Å²) in [5, 5.41) is 0. The minimum atomic E-state index is -0.0154. The zero-order valence-electron chi connectivity index (χ0n) is 12.4. The number of ether oxygens (including phenoxy) is 1. The number of benzene rings is 2. The molecule has 0 bridgehead atoms. The number of carbonyl (C=O) groups excluding carboxylic acids is 1. The zero-order chi connectivity index (χ0) is 15.6. The summed E-state index contributed by atoms with van der Waals surface area (Å²) in [5.41, 5.74) is 0.683. The molecule has 0 unspecified atom stereocenters. The fourth-order valence-corrected chi connectivity index (χ4v) is 3.27. The monoisotopic (exact) mass is 358 g/mol. The van der Waals surface area contributed by atoms with Gasteiger partial charge in [0.05, 0.1) is 0 Å². The maximum absolute atomic E-state index is 12.1. The van der Waals surface area contributed by atoms with Gasteiger partial charge < -0.3 is 0 Å². The zero-order valence-corrected chi connectivity index (χ0v) is 14.2. The van der Waals surface area contributed by atoms with Crippen molar-refractivity contribution in [2.24, 2.45) is 0 Å². The van der Waals surface area contributed by atoms with Gasteiger partial charge in [0.2, 0.25) is 0 Å². The van der Waals surface area contributed by atoms with Crippen molar-refractivity contribution in [2.75, 3.05) is 6.61 Å². The predicted molar refractivity (Wildman–Crippen MR) is 91.5 cm³/mol. The second kappa shape index (κ2) is 9.04. The fraction of sp³-hybridized carbons (Fsp3) is 0.105. The molecule has 22 heavy (non-hydrogen) atoms. The molecule has 0 N–H and O–H groups in total. The molecule has 0 atom stereocenters. The van der Waals surface area contributed by atoms with Gasteiger partial charge in [-0.2, -0.15) is 0 Å². The Bertz CT molecular complexity index is 646. The molecule has 0 spiro atoms. The Kier molecular flexibility index (Phi) is 6.69. The van der Waals surface area contributed by atoms with Gasteiger partial charge in [-0.25, -0.2) is 0 Å². The van der Waals surface area contributed by atoms with Crippen LogP contribution >= 0.6 is 0 Å². The minimum absolute atomic E-state index is 0.0154. The van der Waals surface area contributed by atoms with E-state index in [1.54, 1.807) is 12.2 Å². The second-order valence-electron chi connectivity index (χ2n) is 4.45. The molecule has 112 valence electrons. The van der Waals surface area contributed by atoms with E-state index in [0.29, 0.717) is 12.2 Å². The summed E-state index contributed by atoms with van der Waals surface area (Å²) < 4.78 is 6.86. The van der Waals surface area contributed by atoms with Crippen molar-refractivity contribution in [1.82, 2.24) is 0 Å². The van der Waals surface area contributed by atoms with E-state index in [2.05, 4.69) is 17.1 Å². The molecule has 0 aliphatic heterocycles. The molecule has 0 saturated heterocycles. The summed E-state index contributed by atoms with van der Waals surface area (Å²) in [6, 6.07) is 19.5. The molecule has 0 radical (unpaired) electrons. The number of allylic oxidation sites excluding steroid dienone is 2. The number of hydrogen-bond acceptors (Lipinski definition) is 2. The Labute approximate surface area is 137 Å². The van der Waals surface area contributed by atoms with Crippen molar-refractivity contribution >= 4 is 25.2 Å². The Hall–Kier alpha value is -2.09. The van der Waals surface area contributed by atoms with E-state index in [0.717, 1.165) is 5.76 Å². The molecule has 2 aromatic rings. The van der Waals surface area contributed by atoms with Crippen LogP contribution in [0.25, 0.3) is 0 Å². The first-order valence-corrected chi connectivity index (χ1v) is 8.96. The first-order valence-electron chi connectivity index (χ1n) is 7.11. The molecule has 0 amide bonds. The number of ketones is 1. The molecule has 0 aliphatic carbocycles. The molecular weight excluding hydrogens is 339 g/mol. The van der Waals surface area contributed by atoms with E-state index >= 15 is 0 Å². The quantitative estimate of drug-likeness (QED) is 0.250. The van der Waals surface area contributed by atoms with Crippen LogP contribution in [0.2, 0.25) is 0 Å². The molecule has 0 aromatic heterocycles. The van der Waals surface area contributed by atoms with Crippen molar-refractivity contribution in [3.63, 3.8) is 0 Å². The average molecular weight is 357 g/mol. The van der Waals surface area contributed by atoms with Gasteiger partial charge in [0.1, 0.15) is 0 Å². The molecule has 2 nitrogen and oxygen atoms in total. The molecule has 0 aliphatic rings. The van der Waals surface area contributed by atoms with Gasteiger partial charge >= 0.3 is 137 Å². The van der Waals surface area contributed by atoms with E-state index in [9.17, 15) is 4.79 Å². The molecule has 2 rings (SSSR count).